The molecule has 0 fully saturated rings. The van der Waals surface area contributed by atoms with Gasteiger partial charge >= 0.3 is 5.97 Å². The molecule has 2 rings (SSSR count). The van der Waals surface area contributed by atoms with Gasteiger partial charge in [0.25, 0.3) is 0 Å². The van der Waals surface area contributed by atoms with Crippen molar-refractivity contribution in [1.29, 1.82) is 0 Å². The van der Waals surface area contributed by atoms with Gasteiger partial charge in [0.05, 0.1) is 0 Å². The second-order valence-electron chi connectivity index (χ2n) is 5.58. The Labute approximate surface area is 161 Å². The van der Waals surface area contributed by atoms with Crippen LogP contribution in [0.25, 0.3) is 0 Å². The summed E-state index contributed by atoms with van der Waals surface area (Å²) >= 11 is 5.11. The van der Waals surface area contributed by atoms with E-state index >= 15 is 0 Å². The first-order valence-electron chi connectivity index (χ1n) is 8.00. The molecule has 2 aromatic carbocycles. The third-order valence-electron chi connectivity index (χ3n) is 3.71. The molecule has 4 nitrogen and oxygen atoms in total. The maximum absolute atomic E-state index is 11.4. The molecule has 1 unspecified atom stereocenters. The molecular formula is C19H22BrNO3S. The first-order valence-corrected chi connectivity index (χ1v) is 10.2. The topological polar surface area (TPSA) is 58.6 Å². The van der Waals surface area contributed by atoms with Crippen molar-refractivity contribution in [3.8, 4) is 5.75 Å². The Morgan fingerprint density at radius 2 is 2.04 bits per heavy atom. The molecule has 0 bridgehead atoms. The summed E-state index contributed by atoms with van der Waals surface area (Å²) in [6.45, 7) is 0.916. The minimum atomic E-state index is -0.823. The van der Waals surface area contributed by atoms with Gasteiger partial charge in [-0.2, -0.15) is 11.8 Å². The highest BCUT2D eigenvalue weighted by Gasteiger charge is 2.17. The monoisotopic (exact) mass is 423 g/mol. The number of thioether (sulfide) groups is 1. The molecule has 0 heterocycles. The van der Waals surface area contributed by atoms with Crippen molar-refractivity contribution in [1.82, 2.24) is 5.32 Å². The number of aliphatic carboxylic acids is 1. The molecule has 0 aliphatic rings. The second-order valence-corrected chi connectivity index (χ2v) is 7.48. The Hall–Kier alpha value is -1.50. The number of nitrogens with one attached hydrogen (secondary N) is 1. The molecule has 2 aromatic rings. The second kappa shape index (κ2) is 10.5. The van der Waals surface area contributed by atoms with Gasteiger partial charge in [-0.3, -0.25) is 4.79 Å². The standard InChI is InChI=1S/C19H22BrNO3S/c1-25-10-9-17(19(22)23)21-12-15-11-16(20)7-8-18(15)24-13-14-5-3-2-4-6-14/h2-8,11,17,21H,9-10,12-13H2,1H3,(H,22,23). The molecule has 0 amide bonds. The van der Waals surface area contributed by atoms with E-state index in [0.717, 1.165) is 27.1 Å². The minimum Gasteiger partial charge on any atom is -0.489 e. The fourth-order valence-electron chi connectivity index (χ4n) is 2.34. The van der Waals surface area contributed by atoms with Crippen molar-refractivity contribution in [2.75, 3.05) is 12.0 Å². The van der Waals surface area contributed by atoms with Crippen LogP contribution in [0.1, 0.15) is 17.5 Å². The fourth-order valence-corrected chi connectivity index (χ4v) is 3.22. The summed E-state index contributed by atoms with van der Waals surface area (Å²) in [5.74, 6) is 0.740. The first-order chi connectivity index (χ1) is 12.1. The van der Waals surface area contributed by atoms with E-state index in [9.17, 15) is 9.90 Å². The van der Waals surface area contributed by atoms with Crippen molar-refractivity contribution in [3.05, 3.63) is 64.1 Å². The molecule has 0 aliphatic carbocycles. The summed E-state index contributed by atoms with van der Waals surface area (Å²) in [5.41, 5.74) is 2.02. The van der Waals surface area contributed by atoms with Crippen molar-refractivity contribution < 1.29 is 14.6 Å². The molecule has 134 valence electrons. The van der Waals surface area contributed by atoms with E-state index in [4.69, 9.17) is 4.74 Å². The van der Waals surface area contributed by atoms with Gasteiger partial charge in [0.1, 0.15) is 18.4 Å². The molecule has 6 heteroatoms. The number of rotatable bonds is 10. The minimum absolute atomic E-state index is 0.439. The van der Waals surface area contributed by atoms with E-state index in [1.165, 1.54) is 0 Å². The Morgan fingerprint density at radius 3 is 2.72 bits per heavy atom. The summed E-state index contributed by atoms with van der Waals surface area (Å²) in [6, 6.07) is 15.2. The van der Waals surface area contributed by atoms with Gasteiger partial charge in [-0.1, -0.05) is 46.3 Å². The molecule has 0 aromatic heterocycles. The Bertz CT molecular complexity index is 682. The van der Waals surface area contributed by atoms with Crippen LogP contribution >= 0.6 is 27.7 Å². The number of carbonyl (C=O) groups is 1. The maximum atomic E-state index is 11.4. The molecule has 25 heavy (non-hydrogen) atoms. The van der Waals surface area contributed by atoms with Crippen LogP contribution in [0.5, 0.6) is 5.75 Å². The van der Waals surface area contributed by atoms with E-state index in [2.05, 4.69) is 21.2 Å². The van der Waals surface area contributed by atoms with Crippen LogP contribution in [0.15, 0.2) is 53.0 Å². The van der Waals surface area contributed by atoms with Crippen LogP contribution < -0.4 is 10.1 Å². The number of carboxylic acid groups (broad SMARTS) is 1. The number of benzene rings is 2. The highest BCUT2D eigenvalue weighted by molar-refractivity contribution is 9.10. The lowest BCUT2D eigenvalue weighted by Crippen LogP contribution is -2.36. The van der Waals surface area contributed by atoms with Gasteiger partial charge in [-0.15, -0.1) is 0 Å². The molecule has 1 atom stereocenters. The predicted octanol–water partition coefficient (Wildman–Crippen LogP) is 4.32. The Morgan fingerprint density at radius 1 is 1.28 bits per heavy atom. The zero-order valence-corrected chi connectivity index (χ0v) is 16.5. The van der Waals surface area contributed by atoms with E-state index in [1.807, 2.05) is 54.8 Å². The number of hydrogen-bond donors (Lipinski definition) is 2. The number of hydrogen-bond acceptors (Lipinski definition) is 4. The largest absolute Gasteiger partial charge is 0.489 e. The molecule has 0 saturated carbocycles. The predicted molar refractivity (Wildman–Crippen MR) is 106 cm³/mol. The summed E-state index contributed by atoms with van der Waals surface area (Å²) < 4.78 is 6.88. The first kappa shape index (κ1) is 19.8. The van der Waals surface area contributed by atoms with Gasteiger partial charge in [0.15, 0.2) is 0 Å². The summed E-state index contributed by atoms with van der Waals surface area (Å²) in [7, 11) is 0. The van der Waals surface area contributed by atoms with Gasteiger partial charge < -0.3 is 15.2 Å². The lowest BCUT2D eigenvalue weighted by Gasteiger charge is -2.17. The molecular weight excluding hydrogens is 402 g/mol. The van der Waals surface area contributed by atoms with Gasteiger partial charge in [0, 0.05) is 16.6 Å². The Balaban J connectivity index is 2.03. The number of carboxylic acids is 1. The van der Waals surface area contributed by atoms with Gasteiger partial charge in [-0.25, -0.2) is 0 Å². The lowest BCUT2D eigenvalue weighted by atomic mass is 10.1. The van der Waals surface area contributed by atoms with Crippen LogP contribution in [-0.4, -0.2) is 29.1 Å². The molecule has 0 aliphatic heterocycles. The Kier molecular flexibility index (Phi) is 8.31. The smallest absolute Gasteiger partial charge is 0.320 e. The van der Waals surface area contributed by atoms with Crippen molar-refractivity contribution >= 4 is 33.7 Å². The lowest BCUT2D eigenvalue weighted by molar-refractivity contribution is -0.139. The average molecular weight is 424 g/mol. The number of halogens is 1. The van der Waals surface area contributed by atoms with Crippen molar-refractivity contribution in [2.45, 2.75) is 25.6 Å². The summed E-state index contributed by atoms with van der Waals surface area (Å²) in [5, 5.41) is 12.5. The fraction of sp³-hybridized carbons (Fsp3) is 0.316. The zero-order valence-electron chi connectivity index (χ0n) is 14.1. The van der Waals surface area contributed by atoms with Crippen LogP contribution in [-0.2, 0) is 17.9 Å². The van der Waals surface area contributed by atoms with E-state index in [1.54, 1.807) is 11.8 Å². The van der Waals surface area contributed by atoms with Gasteiger partial charge in [-0.05, 0) is 42.2 Å². The third-order valence-corrected chi connectivity index (χ3v) is 4.84. The summed E-state index contributed by atoms with van der Waals surface area (Å²) in [4.78, 5) is 11.4. The summed E-state index contributed by atoms with van der Waals surface area (Å²) in [6.07, 6.45) is 2.56. The molecule has 0 radical (unpaired) electrons. The SMILES string of the molecule is CSCCC(NCc1cc(Br)ccc1OCc1ccccc1)C(=O)O. The molecule has 0 spiro atoms. The van der Waals surface area contributed by atoms with Crippen LogP contribution in [0.4, 0.5) is 0 Å². The molecule has 0 saturated heterocycles. The molecule has 2 N–H and O–H groups in total. The quantitative estimate of drug-likeness (QED) is 0.595. The third kappa shape index (κ3) is 6.72. The average Bonchev–Trinajstić information content (AvgIpc) is 2.61. The van der Waals surface area contributed by atoms with E-state index in [0.29, 0.717) is 19.6 Å². The van der Waals surface area contributed by atoms with Crippen molar-refractivity contribution in [3.63, 3.8) is 0 Å². The highest BCUT2D eigenvalue weighted by Crippen LogP contribution is 2.24. The van der Waals surface area contributed by atoms with E-state index in [-0.39, 0.29) is 0 Å². The number of ether oxygens (including phenoxy) is 1. The van der Waals surface area contributed by atoms with Crippen LogP contribution in [0.2, 0.25) is 0 Å². The highest BCUT2D eigenvalue weighted by atomic mass is 79.9. The van der Waals surface area contributed by atoms with Gasteiger partial charge in [0.2, 0.25) is 0 Å². The normalized spacial score (nSPS) is 11.9. The zero-order chi connectivity index (χ0) is 18.1. The maximum Gasteiger partial charge on any atom is 0.320 e. The van der Waals surface area contributed by atoms with Crippen LogP contribution in [0.3, 0.4) is 0 Å². The van der Waals surface area contributed by atoms with E-state index < -0.39 is 12.0 Å². The van der Waals surface area contributed by atoms with Crippen LogP contribution in [0, 0.1) is 0 Å². The van der Waals surface area contributed by atoms with Crippen molar-refractivity contribution in [2.24, 2.45) is 0 Å².